The summed E-state index contributed by atoms with van der Waals surface area (Å²) in [7, 11) is 0. The van der Waals surface area contributed by atoms with Gasteiger partial charge in [0.25, 0.3) is 0 Å². The lowest BCUT2D eigenvalue weighted by Gasteiger charge is -2.35. The number of hydrogen-bond acceptors (Lipinski definition) is 4. The molecule has 6 nitrogen and oxygen atoms in total. The maximum absolute atomic E-state index is 12.1. The molecule has 0 aromatic carbocycles. The molecule has 1 N–H and O–H groups in total. The number of pyridine rings is 1. The number of likely N-dealkylation sites (tertiary alicyclic amines) is 1. The molecule has 2 aromatic heterocycles. The van der Waals surface area contributed by atoms with Gasteiger partial charge in [-0.3, -0.25) is 0 Å². The molecule has 0 aliphatic carbocycles. The highest BCUT2D eigenvalue weighted by atomic mass is 16.6. The van der Waals surface area contributed by atoms with E-state index in [1.807, 2.05) is 43.4 Å². The second kappa shape index (κ2) is 6.43. The molecule has 1 fully saturated rings. The van der Waals surface area contributed by atoms with Gasteiger partial charge in [-0.05, 0) is 51.7 Å². The van der Waals surface area contributed by atoms with Gasteiger partial charge in [-0.15, -0.1) is 0 Å². The Bertz CT molecular complexity index is 712. The lowest BCUT2D eigenvalue weighted by atomic mass is 9.89. The minimum absolute atomic E-state index is 0.122. The van der Waals surface area contributed by atoms with Crippen LogP contribution >= 0.6 is 0 Å². The van der Waals surface area contributed by atoms with Crippen LogP contribution in [0.4, 0.5) is 4.79 Å². The van der Waals surface area contributed by atoms with Crippen LogP contribution in [0, 0.1) is 5.92 Å². The minimum atomic E-state index is -0.566. The third-order valence-electron chi connectivity index (χ3n) is 4.42. The Labute approximate surface area is 142 Å². The number of carbonyl (C=O) groups is 1. The molecular formula is C18H25N3O3. The first-order valence-electron chi connectivity index (χ1n) is 8.42. The number of hydrogen-bond donors (Lipinski definition) is 1. The van der Waals surface area contributed by atoms with Crippen LogP contribution in [0.25, 0.3) is 5.52 Å². The van der Waals surface area contributed by atoms with Gasteiger partial charge in [0, 0.05) is 13.1 Å². The summed E-state index contributed by atoms with van der Waals surface area (Å²) in [5.41, 5.74) is 1.34. The zero-order valence-corrected chi connectivity index (χ0v) is 14.5. The lowest BCUT2D eigenvalue weighted by Crippen LogP contribution is -2.42. The van der Waals surface area contributed by atoms with Gasteiger partial charge in [-0.2, -0.15) is 0 Å². The van der Waals surface area contributed by atoms with Gasteiger partial charge < -0.3 is 19.1 Å². The van der Waals surface area contributed by atoms with E-state index in [9.17, 15) is 9.90 Å². The van der Waals surface area contributed by atoms with Crippen molar-refractivity contribution in [3.63, 3.8) is 0 Å². The Morgan fingerprint density at radius 2 is 2.04 bits per heavy atom. The number of nitrogens with zero attached hydrogens (tertiary/aromatic N) is 3. The zero-order valence-electron chi connectivity index (χ0n) is 14.5. The van der Waals surface area contributed by atoms with Crippen molar-refractivity contribution in [3.05, 3.63) is 36.4 Å². The Hall–Kier alpha value is -2.08. The summed E-state index contributed by atoms with van der Waals surface area (Å²) in [6.07, 6.45) is 4.18. The Kier molecular flexibility index (Phi) is 4.49. The monoisotopic (exact) mass is 331 g/mol. The highest BCUT2D eigenvalue weighted by Gasteiger charge is 2.31. The fourth-order valence-corrected chi connectivity index (χ4v) is 3.18. The van der Waals surface area contributed by atoms with Gasteiger partial charge in [-0.25, -0.2) is 9.78 Å². The van der Waals surface area contributed by atoms with Gasteiger partial charge in [0.2, 0.25) is 0 Å². The van der Waals surface area contributed by atoms with Crippen LogP contribution in [-0.2, 0) is 4.74 Å². The second-order valence-corrected chi connectivity index (χ2v) is 7.39. The summed E-state index contributed by atoms with van der Waals surface area (Å²) in [4.78, 5) is 18.0. The first kappa shape index (κ1) is 16.8. The predicted octanol–water partition coefficient (Wildman–Crippen LogP) is 3.01. The van der Waals surface area contributed by atoms with Crippen molar-refractivity contribution < 1.29 is 14.6 Å². The highest BCUT2D eigenvalue weighted by molar-refractivity contribution is 5.68. The molecule has 1 aliphatic rings. The van der Waals surface area contributed by atoms with E-state index < -0.39 is 11.7 Å². The number of piperidine rings is 1. The van der Waals surface area contributed by atoms with E-state index in [1.54, 1.807) is 17.4 Å². The number of aromatic nitrogens is 2. The Morgan fingerprint density at radius 1 is 1.33 bits per heavy atom. The van der Waals surface area contributed by atoms with Crippen molar-refractivity contribution in [2.45, 2.75) is 45.3 Å². The summed E-state index contributed by atoms with van der Waals surface area (Å²) in [6, 6.07) is 5.83. The van der Waals surface area contributed by atoms with Crippen LogP contribution in [0.1, 0.15) is 45.4 Å². The average molecular weight is 331 g/mol. The van der Waals surface area contributed by atoms with E-state index in [0.717, 1.165) is 24.1 Å². The summed E-state index contributed by atoms with van der Waals surface area (Å²) >= 11 is 0. The van der Waals surface area contributed by atoms with E-state index in [2.05, 4.69) is 4.98 Å². The number of amides is 1. The average Bonchev–Trinajstić information content (AvgIpc) is 3.01. The standard InChI is InChI=1S/C18H25N3O3/c1-18(2,3)24-17(23)20-9-7-13(8-10-20)16(22)15-6-4-5-14-11-19-12-21(14)15/h4-6,11-13,16,22H,7-10H2,1-3H3. The minimum Gasteiger partial charge on any atom is -0.444 e. The van der Waals surface area contributed by atoms with Gasteiger partial charge in [-0.1, -0.05) is 6.07 Å². The third-order valence-corrected chi connectivity index (χ3v) is 4.42. The van der Waals surface area contributed by atoms with Crippen LogP contribution in [0.2, 0.25) is 0 Å². The van der Waals surface area contributed by atoms with E-state index in [4.69, 9.17) is 4.74 Å². The molecule has 1 unspecified atom stereocenters. The number of rotatable bonds is 2. The summed E-state index contributed by atoms with van der Waals surface area (Å²) < 4.78 is 7.34. The molecule has 130 valence electrons. The molecule has 6 heteroatoms. The highest BCUT2D eigenvalue weighted by Crippen LogP contribution is 2.31. The van der Waals surface area contributed by atoms with Gasteiger partial charge >= 0.3 is 6.09 Å². The number of imidazole rings is 1. The summed E-state index contributed by atoms with van der Waals surface area (Å²) in [5.74, 6) is 0.122. The predicted molar refractivity (Wildman–Crippen MR) is 90.7 cm³/mol. The van der Waals surface area contributed by atoms with Crippen molar-refractivity contribution in [2.24, 2.45) is 5.92 Å². The van der Waals surface area contributed by atoms with Crippen LogP contribution in [0.15, 0.2) is 30.7 Å². The SMILES string of the molecule is CC(C)(C)OC(=O)N1CCC(C(O)c2cccc3cncn23)CC1. The van der Waals surface area contributed by atoms with E-state index in [-0.39, 0.29) is 12.0 Å². The normalized spacial score (nSPS) is 17.9. The van der Waals surface area contributed by atoms with E-state index in [0.29, 0.717) is 13.1 Å². The molecule has 0 saturated carbocycles. The van der Waals surface area contributed by atoms with Crippen molar-refractivity contribution in [1.82, 2.24) is 14.3 Å². The molecule has 1 aliphatic heterocycles. The van der Waals surface area contributed by atoms with Crippen LogP contribution in [0.3, 0.4) is 0 Å². The Balaban J connectivity index is 1.64. The van der Waals surface area contributed by atoms with Crippen molar-refractivity contribution >= 4 is 11.6 Å². The molecule has 1 amide bonds. The second-order valence-electron chi connectivity index (χ2n) is 7.39. The van der Waals surface area contributed by atoms with Gasteiger partial charge in [0.05, 0.1) is 29.8 Å². The number of aliphatic hydroxyl groups excluding tert-OH is 1. The molecule has 3 rings (SSSR count). The van der Waals surface area contributed by atoms with Crippen LogP contribution in [-0.4, -0.2) is 44.2 Å². The van der Waals surface area contributed by atoms with Crippen LogP contribution < -0.4 is 0 Å². The van der Waals surface area contributed by atoms with Gasteiger partial charge in [0.1, 0.15) is 5.60 Å². The van der Waals surface area contributed by atoms with E-state index >= 15 is 0 Å². The fourth-order valence-electron chi connectivity index (χ4n) is 3.18. The van der Waals surface area contributed by atoms with Crippen molar-refractivity contribution in [3.8, 4) is 0 Å². The molecule has 0 radical (unpaired) electrons. The number of carbonyl (C=O) groups excluding carboxylic acids is 1. The quantitative estimate of drug-likeness (QED) is 0.918. The van der Waals surface area contributed by atoms with Gasteiger partial charge in [0.15, 0.2) is 0 Å². The van der Waals surface area contributed by atoms with E-state index in [1.165, 1.54) is 0 Å². The number of aliphatic hydroxyl groups is 1. The number of fused-ring (bicyclic) bond motifs is 1. The lowest BCUT2D eigenvalue weighted by molar-refractivity contribution is 0.00700. The molecule has 1 atom stereocenters. The third kappa shape index (κ3) is 3.53. The topological polar surface area (TPSA) is 67.1 Å². The maximum Gasteiger partial charge on any atom is 0.410 e. The van der Waals surface area contributed by atoms with Crippen molar-refractivity contribution in [1.29, 1.82) is 0 Å². The molecule has 3 heterocycles. The molecular weight excluding hydrogens is 306 g/mol. The Morgan fingerprint density at radius 3 is 2.71 bits per heavy atom. The summed E-state index contributed by atoms with van der Waals surface area (Å²) in [5, 5.41) is 10.8. The van der Waals surface area contributed by atoms with Crippen molar-refractivity contribution in [2.75, 3.05) is 13.1 Å². The largest absolute Gasteiger partial charge is 0.444 e. The summed E-state index contributed by atoms with van der Waals surface area (Å²) in [6.45, 7) is 6.82. The maximum atomic E-state index is 12.1. The fraction of sp³-hybridized carbons (Fsp3) is 0.556. The molecule has 0 spiro atoms. The smallest absolute Gasteiger partial charge is 0.410 e. The molecule has 0 bridgehead atoms. The molecule has 24 heavy (non-hydrogen) atoms. The van der Waals surface area contributed by atoms with Crippen LogP contribution in [0.5, 0.6) is 0 Å². The molecule has 1 saturated heterocycles. The zero-order chi connectivity index (χ0) is 17.3. The molecule has 2 aromatic rings. The first-order chi connectivity index (χ1) is 11.3. The number of ether oxygens (including phenoxy) is 1. The first-order valence-corrected chi connectivity index (χ1v) is 8.42.